The van der Waals surface area contributed by atoms with E-state index < -0.39 is 23.3 Å². The van der Waals surface area contributed by atoms with Gasteiger partial charge in [-0.15, -0.1) is 0 Å². The molecular formula is C11H14O6. The zero-order valence-corrected chi connectivity index (χ0v) is 9.51. The molecule has 0 aromatic rings. The third kappa shape index (κ3) is 4.96. The lowest BCUT2D eigenvalue weighted by Crippen LogP contribution is -2.28. The molecule has 0 saturated carbocycles. The van der Waals surface area contributed by atoms with E-state index in [1.54, 1.807) is 0 Å². The Bertz CT molecular complexity index is 389. The van der Waals surface area contributed by atoms with Gasteiger partial charge in [0.15, 0.2) is 0 Å². The van der Waals surface area contributed by atoms with E-state index >= 15 is 0 Å². The monoisotopic (exact) mass is 242 g/mol. The molecule has 0 radical (unpaired) electrons. The van der Waals surface area contributed by atoms with Crippen molar-refractivity contribution in [3.05, 3.63) is 23.8 Å². The molecule has 1 unspecified atom stereocenters. The SMILES string of the molecule is CC(=O)O.CC1(C(=O)O)C=CC=C(C(=O)O)C1. The van der Waals surface area contributed by atoms with Crippen LogP contribution in [0, 0.1) is 5.41 Å². The van der Waals surface area contributed by atoms with Gasteiger partial charge in [-0.2, -0.15) is 0 Å². The summed E-state index contributed by atoms with van der Waals surface area (Å²) in [7, 11) is 0. The van der Waals surface area contributed by atoms with Gasteiger partial charge in [-0.05, 0) is 13.3 Å². The van der Waals surface area contributed by atoms with E-state index in [1.165, 1.54) is 25.2 Å². The number of carbonyl (C=O) groups is 3. The van der Waals surface area contributed by atoms with Crippen molar-refractivity contribution in [3.63, 3.8) is 0 Å². The molecule has 0 amide bonds. The van der Waals surface area contributed by atoms with E-state index in [2.05, 4.69) is 0 Å². The quantitative estimate of drug-likeness (QED) is 0.669. The second-order valence-corrected chi connectivity index (χ2v) is 3.77. The molecule has 3 N–H and O–H groups in total. The Labute approximate surface area is 97.9 Å². The Morgan fingerprint density at radius 2 is 1.71 bits per heavy atom. The van der Waals surface area contributed by atoms with E-state index in [0.717, 1.165) is 6.92 Å². The van der Waals surface area contributed by atoms with Gasteiger partial charge in [-0.1, -0.05) is 18.2 Å². The minimum Gasteiger partial charge on any atom is -0.481 e. The smallest absolute Gasteiger partial charge is 0.331 e. The lowest BCUT2D eigenvalue weighted by molar-refractivity contribution is -0.145. The summed E-state index contributed by atoms with van der Waals surface area (Å²) < 4.78 is 0. The summed E-state index contributed by atoms with van der Waals surface area (Å²) >= 11 is 0. The standard InChI is InChI=1S/C9H10O4.C2H4O2/c1-9(8(12)13)4-2-3-6(5-9)7(10)11;1-2(3)4/h2-4H,5H2,1H3,(H,10,11)(H,12,13);1H3,(H,3,4). The first-order chi connectivity index (χ1) is 7.69. The van der Waals surface area contributed by atoms with E-state index in [1.807, 2.05) is 0 Å². The number of carboxylic acid groups (broad SMARTS) is 3. The van der Waals surface area contributed by atoms with Crippen LogP contribution in [0.5, 0.6) is 0 Å². The summed E-state index contributed by atoms with van der Waals surface area (Å²) in [6, 6.07) is 0. The van der Waals surface area contributed by atoms with Crippen molar-refractivity contribution in [2.75, 3.05) is 0 Å². The van der Waals surface area contributed by atoms with Crippen molar-refractivity contribution in [1.82, 2.24) is 0 Å². The highest BCUT2D eigenvalue weighted by atomic mass is 16.4. The van der Waals surface area contributed by atoms with Crippen LogP contribution in [0.15, 0.2) is 23.8 Å². The Hall–Kier alpha value is -2.11. The molecule has 1 atom stereocenters. The third-order valence-electron chi connectivity index (χ3n) is 2.08. The highest BCUT2D eigenvalue weighted by Crippen LogP contribution is 2.31. The second kappa shape index (κ2) is 5.83. The van der Waals surface area contributed by atoms with Gasteiger partial charge in [-0.25, -0.2) is 4.79 Å². The second-order valence-electron chi connectivity index (χ2n) is 3.77. The fraction of sp³-hybridized carbons (Fsp3) is 0.364. The maximum Gasteiger partial charge on any atom is 0.331 e. The van der Waals surface area contributed by atoms with Gasteiger partial charge in [0.1, 0.15) is 0 Å². The fourth-order valence-corrected chi connectivity index (χ4v) is 1.18. The summed E-state index contributed by atoms with van der Waals surface area (Å²) in [6.45, 7) is 2.59. The molecule has 0 aliphatic heterocycles. The van der Waals surface area contributed by atoms with Crippen molar-refractivity contribution in [2.24, 2.45) is 5.41 Å². The van der Waals surface area contributed by atoms with E-state index in [0.29, 0.717) is 0 Å². The molecule has 0 aromatic heterocycles. The van der Waals surface area contributed by atoms with E-state index in [-0.39, 0.29) is 12.0 Å². The summed E-state index contributed by atoms with van der Waals surface area (Å²) in [5, 5.41) is 24.9. The van der Waals surface area contributed by atoms with Gasteiger partial charge >= 0.3 is 11.9 Å². The predicted octanol–water partition coefficient (Wildman–Crippen LogP) is 1.14. The normalized spacial score (nSPS) is 21.9. The van der Waals surface area contributed by atoms with Crippen LogP contribution in [-0.2, 0) is 14.4 Å². The van der Waals surface area contributed by atoms with Gasteiger partial charge in [0.25, 0.3) is 5.97 Å². The van der Waals surface area contributed by atoms with Gasteiger partial charge in [0.05, 0.1) is 5.41 Å². The average Bonchev–Trinajstić information content (AvgIpc) is 2.16. The van der Waals surface area contributed by atoms with Crippen LogP contribution < -0.4 is 0 Å². The van der Waals surface area contributed by atoms with Crippen LogP contribution >= 0.6 is 0 Å². The number of carboxylic acids is 3. The number of hydrogen-bond donors (Lipinski definition) is 3. The summed E-state index contributed by atoms with van der Waals surface area (Å²) in [4.78, 5) is 30.3. The minimum atomic E-state index is -1.08. The van der Waals surface area contributed by atoms with Crippen molar-refractivity contribution in [3.8, 4) is 0 Å². The lowest BCUT2D eigenvalue weighted by Gasteiger charge is -2.23. The zero-order chi connectivity index (χ0) is 13.6. The molecule has 17 heavy (non-hydrogen) atoms. The van der Waals surface area contributed by atoms with Crippen molar-refractivity contribution >= 4 is 17.9 Å². The zero-order valence-electron chi connectivity index (χ0n) is 9.51. The Morgan fingerprint density at radius 3 is 2.06 bits per heavy atom. The van der Waals surface area contributed by atoms with Gasteiger partial charge in [0.2, 0.25) is 0 Å². The van der Waals surface area contributed by atoms with Crippen LogP contribution in [-0.4, -0.2) is 33.2 Å². The highest BCUT2D eigenvalue weighted by molar-refractivity contribution is 5.90. The Kier molecular flexibility index (Phi) is 5.11. The van der Waals surface area contributed by atoms with Gasteiger partial charge < -0.3 is 15.3 Å². The largest absolute Gasteiger partial charge is 0.481 e. The summed E-state index contributed by atoms with van der Waals surface area (Å²) in [5.41, 5.74) is -0.949. The number of allylic oxidation sites excluding steroid dienone is 2. The topological polar surface area (TPSA) is 112 Å². The molecule has 6 nitrogen and oxygen atoms in total. The first-order valence-corrected chi connectivity index (χ1v) is 4.73. The van der Waals surface area contributed by atoms with Crippen LogP contribution in [0.25, 0.3) is 0 Å². The minimum absolute atomic E-state index is 0.0359. The molecule has 0 spiro atoms. The Balaban J connectivity index is 0.000000557. The fourth-order valence-electron chi connectivity index (χ4n) is 1.18. The van der Waals surface area contributed by atoms with Crippen molar-refractivity contribution in [1.29, 1.82) is 0 Å². The molecule has 0 fully saturated rings. The van der Waals surface area contributed by atoms with E-state index in [4.69, 9.17) is 20.1 Å². The molecule has 6 heteroatoms. The molecule has 0 saturated heterocycles. The van der Waals surface area contributed by atoms with Crippen molar-refractivity contribution in [2.45, 2.75) is 20.3 Å². The number of aliphatic carboxylic acids is 3. The van der Waals surface area contributed by atoms with Gasteiger partial charge in [-0.3, -0.25) is 9.59 Å². The maximum atomic E-state index is 10.8. The first kappa shape index (κ1) is 14.9. The van der Waals surface area contributed by atoms with Crippen LogP contribution in [0.3, 0.4) is 0 Å². The molecule has 94 valence electrons. The number of hydrogen-bond acceptors (Lipinski definition) is 3. The molecule has 0 bridgehead atoms. The van der Waals surface area contributed by atoms with E-state index in [9.17, 15) is 9.59 Å². The third-order valence-corrected chi connectivity index (χ3v) is 2.08. The first-order valence-electron chi connectivity index (χ1n) is 4.73. The van der Waals surface area contributed by atoms with Crippen LogP contribution in [0.2, 0.25) is 0 Å². The lowest BCUT2D eigenvalue weighted by atomic mass is 9.80. The predicted molar refractivity (Wildman–Crippen MR) is 58.5 cm³/mol. The molecular weight excluding hydrogens is 228 g/mol. The molecule has 1 aliphatic carbocycles. The molecule has 1 rings (SSSR count). The van der Waals surface area contributed by atoms with Gasteiger partial charge in [0, 0.05) is 12.5 Å². The molecule has 1 aliphatic rings. The molecule has 0 aromatic carbocycles. The summed E-state index contributed by atoms with van der Waals surface area (Å²) in [5.74, 6) is -2.90. The summed E-state index contributed by atoms with van der Waals surface area (Å²) in [6.07, 6.45) is 4.43. The van der Waals surface area contributed by atoms with Crippen LogP contribution in [0.1, 0.15) is 20.3 Å². The van der Waals surface area contributed by atoms with Crippen LogP contribution in [0.4, 0.5) is 0 Å². The number of rotatable bonds is 2. The Morgan fingerprint density at radius 1 is 1.24 bits per heavy atom. The average molecular weight is 242 g/mol. The highest BCUT2D eigenvalue weighted by Gasteiger charge is 2.34. The molecule has 0 heterocycles. The van der Waals surface area contributed by atoms with Crippen molar-refractivity contribution < 1.29 is 29.7 Å². The maximum absolute atomic E-state index is 10.8.